The van der Waals surface area contributed by atoms with Crippen molar-refractivity contribution in [2.45, 2.75) is 6.29 Å². The van der Waals surface area contributed by atoms with E-state index in [0.29, 0.717) is 5.39 Å². The second-order valence-electron chi connectivity index (χ2n) is 4.45. The van der Waals surface area contributed by atoms with Gasteiger partial charge in [0.2, 0.25) is 0 Å². The maximum atomic E-state index is 12.7. The van der Waals surface area contributed by atoms with Crippen LogP contribution in [-0.4, -0.2) is 14.2 Å². The summed E-state index contributed by atoms with van der Waals surface area (Å²) < 4.78 is 12.6. The lowest BCUT2D eigenvalue weighted by Gasteiger charge is -2.15. The molecule has 1 heterocycles. The van der Waals surface area contributed by atoms with Gasteiger partial charge in [-0.1, -0.05) is 24.3 Å². The van der Waals surface area contributed by atoms with Crippen molar-refractivity contribution in [1.29, 1.82) is 0 Å². The molecule has 20 heavy (non-hydrogen) atoms. The predicted octanol–water partition coefficient (Wildman–Crippen LogP) is 3.71. The van der Waals surface area contributed by atoms with E-state index in [-0.39, 0.29) is 5.43 Å². The van der Waals surface area contributed by atoms with Gasteiger partial charge in [-0.05, 0) is 18.2 Å². The third kappa shape index (κ3) is 2.02. The van der Waals surface area contributed by atoms with Crippen molar-refractivity contribution in [1.82, 2.24) is 0 Å². The van der Waals surface area contributed by atoms with Crippen molar-refractivity contribution in [3.05, 3.63) is 58.3 Å². The molecule has 0 aliphatic rings. The number of benzene rings is 2. The van der Waals surface area contributed by atoms with Gasteiger partial charge in [0.1, 0.15) is 0 Å². The molecule has 2 aromatic carbocycles. The molecule has 4 heteroatoms. The number of hydrogen-bond acceptors (Lipinski definition) is 4. The quantitative estimate of drug-likeness (QED) is 0.544. The van der Waals surface area contributed by atoms with E-state index in [1.165, 1.54) is 0 Å². The van der Waals surface area contributed by atoms with Crippen molar-refractivity contribution in [3.8, 4) is 0 Å². The van der Waals surface area contributed by atoms with Gasteiger partial charge in [0.25, 0.3) is 0 Å². The predicted molar refractivity (Wildman–Crippen MR) is 82.4 cm³/mol. The summed E-state index contributed by atoms with van der Waals surface area (Å²) in [4.78, 5) is 12.7. The number of ether oxygens (including phenoxy) is 2. The molecule has 3 nitrogen and oxygen atoms in total. The average Bonchev–Trinajstić information content (AvgIpc) is 2.49. The highest BCUT2D eigenvalue weighted by atomic mass is 32.1. The molecule has 0 atom stereocenters. The molecule has 0 saturated heterocycles. The fraction of sp³-hybridized carbons (Fsp3) is 0.188. The van der Waals surface area contributed by atoms with Gasteiger partial charge in [-0.15, -0.1) is 11.3 Å². The molecule has 3 aromatic rings. The van der Waals surface area contributed by atoms with E-state index >= 15 is 0 Å². The Morgan fingerprint density at radius 2 is 1.65 bits per heavy atom. The smallest absolute Gasteiger partial charge is 0.196 e. The van der Waals surface area contributed by atoms with E-state index in [2.05, 4.69) is 0 Å². The summed E-state index contributed by atoms with van der Waals surface area (Å²) in [5.74, 6) is 0. The lowest BCUT2D eigenvalue weighted by molar-refractivity contribution is -0.105. The highest BCUT2D eigenvalue weighted by molar-refractivity contribution is 7.24. The number of hydrogen-bond donors (Lipinski definition) is 0. The van der Waals surface area contributed by atoms with Gasteiger partial charge in [0.15, 0.2) is 11.7 Å². The van der Waals surface area contributed by atoms with Crippen LogP contribution in [0.5, 0.6) is 0 Å². The molecular formula is C16H14O3S. The van der Waals surface area contributed by atoms with Crippen molar-refractivity contribution in [3.63, 3.8) is 0 Å². The fourth-order valence-corrected chi connectivity index (χ4v) is 3.53. The van der Waals surface area contributed by atoms with Crippen LogP contribution in [0.25, 0.3) is 20.2 Å². The Kier molecular flexibility index (Phi) is 3.53. The van der Waals surface area contributed by atoms with Crippen molar-refractivity contribution < 1.29 is 9.47 Å². The van der Waals surface area contributed by atoms with Crippen LogP contribution < -0.4 is 5.43 Å². The first-order valence-electron chi connectivity index (χ1n) is 6.26. The monoisotopic (exact) mass is 286 g/mol. The van der Waals surface area contributed by atoms with Gasteiger partial charge in [-0.2, -0.15) is 0 Å². The minimum Gasteiger partial charge on any atom is -0.352 e. The molecule has 0 saturated carbocycles. The summed E-state index contributed by atoms with van der Waals surface area (Å²) in [5, 5.41) is 1.42. The molecule has 0 unspecified atom stereocenters. The molecule has 0 bridgehead atoms. The van der Waals surface area contributed by atoms with E-state index in [1.807, 2.05) is 42.5 Å². The number of rotatable bonds is 3. The topological polar surface area (TPSA) is 35.5 Å². The Balaban J connectivity index is 2.44. The molecule has 102 valence electrons. The van der Waals surface area contributed by atoms with E-state index in [1.54, 1.807) is 25.6 Å². The van der Waals surface area contributed by atoms with Crippen molar-refractivity contribution >= 4 is 31.5 Å². The lowest BCUT2D eigenvalue weighted by Crippen LogP contribution is -2.10. The molecule has 0 fully saturated rings. The molecule has 1 aromatic heterocycles. The van der Waals surface area contributed by atoms with Crippen LogP contribution in [0, 0.1) is 0 Å². The van der Waals surface area contributed by atoms with Crippen molar-refractivity contribution in [2.24, 2.45) is 0 Å². The largest absolute Gasteiger partial charge is 0.352 e. The Hall–Kier alpha value is -1.75. The zero-order chi connectivity index (χ0) is 14.1. The second-order valence-corrected chi connectivity index (χ2v) is 5.53. The molecule has 0 spiro atoms. The minimum absolute atomic E-state index is 0.0315. The minimum atomic E-state index is -0.528. The number of fused-ring (bicyclic) bond motifs is 2. The third-order valence-electron chi connectivity index (χ3n) is 3.32. The molecule has 0 radical (unpaired) electrons. The Morgan fingerprint density at radius 3 is 2.40 bits per heavy atom. The van der Waals surface area contributed by atoms with E-state index < -0.39 is 6.29 Å². The third-order valence-corrected chi connectivity index (χ3v) is 4.46. The van der Waals surface area contributed by atoms with Gasteiger partial charge in [-0.25, -0.2) is 0 Å². The maximum Gasteiger partial charge on any atom is 0.196 e. The van der Waals surface area contributed by atoms with Crippen LogP contribution >= 0.6 is 11.3 Å². The Bertz CT molecular complexity index is 819. The van der Waals surface area contributed by atoms with Crippen LogP contribution in [0.2, 0.25) is 0 Å². The first-order chi connectivity index (χ1) is 9.76. The van der Waals surface area contributed by atoms with Crippen LogP contribution in [0.15, 0.2) is 47.3 Å². The number of methoxy groups -OCH3 is 2. The highest BCUT2D eigenvalue weighted by Crippen LogP contribution is 2.30. The van der Waals surface area contributed by atoms with E-state index in [9.17, 15) is 4.79 Å². The maximum absolute atomic E-state index is 12.7. The molecule has 3 rings (SSSR count). The Morgan fingerprint density at radius 1 is 0.950 bits per heavy atom. The molecule has 0 aliphatic heterocycles. The van der Waals surface area contributed by atoms with Gasteiger partial charge in [-0.3, -0.25) is 4.79 Å². The van der Waals surface area contributed by atoms with Crippen LogP contribution in [0.1, 0.15) is 11.9 Å². The van der Waals surface area contributed by atoms with Gasteiger partial charge in [0.05, 0.1) is 0 Å². The van der Waals surface area contributed by atoms with Crippen molar-refractivity contribution in [2.75, 3.05) is 14.2 Å². The Labute approximate surface area is 120 Å². The summed E-state index contributed by atoms with van der Waals surface area (Å²) >= 11 is 1.61. The summed E-state index contributed by atoms with van der Waals surface area (Å²) in [6.07, 6.45) is -0.528. The summed E-state index contributed by atoms with van der Waals surface area (Å²) in [6, 6.07) is 13.4. The van der Waals surface area contributed by atoms with Gasteiger partial charge >= 0.3 is 0 Å². The summed E-state index contributed by atoms with van der Waals surface area (Å²) in [5.41, 5.74) is 0.809. The second kappa shape index (κ2) is 5.32. The lowest BCUT2D eigenvalue weighted by atomic mass is 10.1. The first-order valence-corrected chi connectivity index (χ1v) is 7.08. The fourth-order valence-electron chi connectivity index (χ4n) is 2.42. The molecule has 0 aliphatic carbocycles. The first kappa shape index (κ1) is 13.2. The molecular weight excluding hydrogens is 272 g/mol. The van der Waals surface area contributed by atoms with Crippen LogP contribution in [-0.2, 0) is 9.47 Å². The normalized spacial score (nSPS) is 11.6. The van der Waals surface area contributed by atoms with E-state index in [0.717, 1.165) is 20.3 Å². The SMILES string of the molecule is COC(OC)c1cccc2sc3ccccc3c(=O)c12. The van der Waals surface area contributed by atoms with Crippen LogP contribution in [0.4, 0.5) is 0 Å². The molecule has 0 N–H and O–H groups in total. The zero-order valence-corrected chi connectivity index (χ0v) is 12.1. The zero-order valence-electron chi connectivity index (χ0n) is 11.3. The standard InChI is InChI=1S/C16H14O3S/c1-18-16(19-2)11-7-5-9-13-14(11)15(17)10-6-3-4-8-12(10)20-13/h3-9,16H,1-2H3. The van der Waals surface area contributed by atoms with Gasteiger partial charge < -0.3 is 9.47 Å². The van der Waals surface area contributed by atoms with E-state index in [4.69, 9.17) is 9.47 Å². The summed E-state index contributed by atoms with van der Waals surface area (Å²) in [7, 11) is 3.14. The summed E-state index contributed by atoms with van der Waals surface area (Å²) in [6.45, 7) is 0. The highest BCUT2D eigenvalue weighted by Gasteiger charge is 2.16. The van der Waals surface area contributed by atoms with Gasteiger partial charge in [0, 0.05) is 40.0 Å². The van der Waals surface area contributed by atoms with Crippen LogP contribution in [0.3, 0.4) is 0 Å². The average molecular weight is 286 g/mol. The molecule has 0 amide bonds.